The molecule has 0 heterocycles. The van der Waals surface area contributed by atoms with Crippen molar-refractivity contribution in [3.8, 4) is 0 Å². The predicted octanol–water partition coefficient (Wildman–Crippen LogP) is 18.5. The predicted molar refractivity (Wildman–Crippen MR) is 267 cm³/mol. The maximum absolute atomic E-state index is 3.56. The molecule has 0 fully saturated rings. The van der Waals surface area contributed by atoms with Gasteiger partial charge in [-0.15, -0.1) is 0 Å². The number of rotatable bonds is 19. The summed E-state index contributed by atoms with van der Waals surface area (Å²) in [5, 5.41) is 0.929. The largest absolute Gasteiger partial charge is 0.0876 e. The van der Waals surface area contributed by atoms with Crippen molar-refractivity contribution in [1.82, 2.24) is 0 Å². The van der Waals surface area contributed by atoms with Crippen LogP contribution in [0.5, 0.6) is 0 Å². The van der Waals surface area contributed by atoms with Crippen LogP contribution in [-0.2, 0) is 11.8 Å². The zero-order chi connectivity index (χ0) is 42.3. The number of alkyl halides is 1. The van der Waals surface area contributed by atoms with E-state index in [1.54, 1.807) is 0 Å². The number of aryl methyl sites for hydroxylation is 3. The highest BCUT2D eigenvalue weighted by atomic mass is 79.9. The molecular formula is C58H81Br. The second-order valence-electron chi connectivity index (χ2n) is 19.4. The van der Waals surface area contributed by atoms with Gasteiger partial charge in [0, 0.05) is 5.33 Å². The third kappa shape index (κ3) is 16.5. The normalized spacial score (nSPS) is 14.2. The van der Waals surface area contributed by atoms with Crippen LogP contribution in [0, 0.1) is 24.7 Å². The van der Waals surface area contributed by atoms with Crippen molar-refractivity contribution in [3.05, 3.63) is 177 Å². The third-order valence-electron chi connectivity index (χ3n) is 13.4. The molecule has 0 aliphatic rings. The molecule has 320 valence electrons. The molecule has 1 heteroatoms. The zero-order valence-corrected chi connectivity index (χ0v) is 39.8. The standard InChI is InChI=1S/C33H44.C24H33Br.CH4/c1-7-33(5,6)24-32(23-27(4)30-19-13-25(2)14-20-30)31-21-17-28(18-22-31)16-15-26(3)29-11-9-8-10-12-29;1-6-24(4,5)16-23(22-13-9-20(17-25)10-14-22)15-19(3)21-11-7-18(2)8-12-21;/h8-14,17-22,26-27,32H,7,15-16,23-24H2,1-6H3;7-14,19,23H,6,15-17H2,1-5H3;1H4. The second kappa shape index (κ2) is 24.1. The molecule has 0 amide bonds. The smallest absolute Gasteiger partial charge is 0.0283 e. The van der Waals surface area contributed by atoms with E-state index >= 15 is 0 Å². The van der Waals surface area contributed by atoms with E-state index in [-0.39, 0.29) is 7.43 Å². The number of benzene rings is 5. The van der Waals surface area contributed by atoms with Gasteiger partial charge in [0.15, 0.2) is 0 Å². The van der Waals surface area contributed by atoms with Crippen LogP contribution in [0.1, 0.15) is 194 Å². The fraction of sp³-hybridized carbons (Fsp3) is 0.483. The average Bonchev–Trinajstić information content (AvgIpc) is 3.23. The van der Waals surface area contributed by atoms with Gasteiger partial charge in [-0.05, 0) is 132 Å². The van der Waals surface area contributed by atoms with E-state index < -0.39 is 0 Å². The minimum Gasteiger partial charge on any atom is -0.0876 e. The van der Waals surface area contributed by atoms with Gasteiger partial charge in [-0.3, -0.25) is 0 Å². The maximum Gasteiger partial charge on any atom is 0.0283 e. The highest BCUT2D eigenvalue weighted by Crippen LogP contribution is 2.41. The third-order valence-corrected chi connectivity index (χ3v) is 14.0. The number of hydrogen-bond acceptors (Lipinski definition) is 0. The summed E-state index contributed by atoms with van der Waals surface area (Å²) in [5.41, 5.74) is 13.6. The molecule has 0 saturated heterocycles. The lowest BCUT2D eigenvalue weighted by molar-refractivity contribution is 0.281. The number of hydrogen-bond donors (Lipinski definition) is 0. The molecule has 0 spiro atoms. The van der Waals surface area contributed by atoms with Crippen LogP contribution in [0.25, 0.3) is 0 Å². The SMILES string of the molecule is C.CCC(C)(C)CC(CC(C)c1ccc(C)cc1)c1ccc(CBr)cc1.CCC(C)(C)CC(CC(C)c1ccc(C)cc1)c1ccc(CCC(C)c2ccccc2)cc1. The van der Waals surface area contributed by atoms with Crippen LogP contribution in [0.15, 0.2) is 127 Å². The molecule has 5 aromatic carbocycles. The van der Waals surface area contributed by atoms with Crippen molar-refractivity contribution < 1.29 is 0 Å². The first-order valence-corrected chi connectivity index (χ1v) is 23.7. The molecule has 0 nitrogen and oxygen atoms in total. The zero-order valence-electron chi connectivity index (χ0n) is 38.3. The molecule has 0 aliphatic heterocycles. The molecule has 59 heavy (non-hydrogen) atoms. The van der Waals surface area contributed by atoms with Gasteiger partial charge >= 0.3 is 0 Å². The number of halogens is 1. The highest BCUT2D eigenvalue weighted by molar-refractivity contribution is 9.08. The molecule has 0 bridgehead atoms. The van der Waals surface area contributed by atoms with Crippen molar-refractivity contribution in [2.75, 3.05) is 0 Å². The molecule has 5 atom stereocenters. The van der Waals surface area contributed by atoms with Gasteiger partial charge in [0.1, 0.15) is 0 Å². The van der Waals surface area contributed by atoms with Gasteiger partial charge in [-0.1, -0.05) is 237 Å². The summed E-state index contributed by atoms with van der Waals surface area (Å²) < 4.78 is 0. The Morgan fingerprint density at radius 2 is 0.814 bits per heavy atom. The van der Waals surface area contributed by atoms with Crippen LogP contribution in [0.4, 0.5) is 0 Å². The van der Waals surface area contributed by atoms with E-state index in [1.165, 1.54) is 95.0 Å². The molecule has 5 aromatic rings. The van der Waals surface area contributed by atoms with E-state index in [9.17, 15) is 0 Å². The van der Waals surface area contributed by atoms with E-state index in [4.69, 9.17) is 0 Å². The van der Waals surface area contributed by atoms with Crippen molar-refractivity contribution >= 4 is 15.9 Å². The molecule has 0 saturated carbocycles. The fourth-order valence-corrected chi connectivity index (χ4v) is 8.75. The van der Waals surface area contributed by atoms with Crippen LogP contribution in [-0.4, -0.2) is 0 Å². The molecule has 0 N–H and O–H groups in total. The lowest BCUT2D eigenvalue weighted by atomic mass is 9.74. The molecule has 0 aliphatic carbocycles. The summed E-state index contributed by atoms with van der Waals surface area (Å²) in [5.74, 6) is 2.94. The van der Waals surface area contributed by atoms with Gasteiger partial charge in [0.05, 0.1) is 0 Å². The Hall–Kier alpha value is -3.42. The summed E-state index contributed by atoms with van der Waals surface area (Å²) >= 11 is 3.56. The Morgan fingerprint density at radius 3 is 1.19 bits per heavy atom. The molecule has 0 radical (unpaired) electrons. The summed E-state index contributed by atoms with van der Waals surface area (Å²) in [7, 11) is 0. The van der Waals surface area contributed by atoms with Crippen LogP contribution >= 0.6 is 15.9 Å². The summed E-state index contributed by atoms with van der Waals surface area (Å²) in [6.07, 6.45) is 9.68. The van der Waals surface area contributed by atoms with E-state index in [1.807, 2.05) is 0 Å². The molecule has 0 aromatic heterocycles. The Kier molecular flexibility index (Phi) is 20.4. The van der Waals surface area contributed by atoms with Gasteiger partial charge in [-0.2, -0.15) is 0 Å². The first-order valence-electron chi connectivity index (χ1n) is 22.5. The van der Waals surface area contributed by atoms with E-state index in [0.717, 1.165) is 11.8 Å². The van der Waals surface area contributed by atoms with Crippen LogP contribution in [0.2, 0.25) is 0 Å². The quantitative estimate of drug-likeness (QED) is 0.0726. The molecular weight excluding hydrogens is 777 g/mol. The van der Waals surface area contributed by atoms with E-state index in [2.05, 4.69) is 219 Å². The summed E-state index contributed by atoms with van der Waals surface area (Å²) in [6.45, 7) is 25.8. The van der Waals surface area contributed by atoms with Crippen molar-refractivity contribution in [2.45, 2.75) is 170 Å². The maximum atomic E-state index is 3.56. The van der Waals surface area contributed by atoms with Crippen molar-refractivity contribution in [1.29, 1.82) is 0 Å². The second-order valence-corrected chi connectivity index (χ2v) is 20.0. The minimum atomic E-state index is 0. The Bertz CT molecular complexity index is 1860. The molecule has 5 unspecified atom stereocenters. The fourth-order valence-electron chi connectivity index (χ4n) is 8.38. The Morgan fingerprint density at radius 1 is 0.458 bits per heavy atom. The topological polar surface area (TPSA) is 0 Å². The van der Waals surface area contributed by atoms with Crippen molar-refractivity contribution in [3.63, 3.8) is 0 Å². The minimum absolute atomic E-state index is 0. The van der Waals surface area contributed by atoms with E-state index in [0.29, 0.717) is 40.4 Å². The van der Waals surface area contributed by atoms with Gasteiger partial charge in [0.25, 0.3) is 0 Å². The van der Waals surface area contributed by atoms with Crippen molar-refractivity contribution in [2.24, 2.45) is 10.8 Å². The summed E-state index contributed by atoms with van der Waals surface area (Å²) in [6, 6.07) is 48.0. The van der Waals surface area contributed by atoms with Crippen LogP contribution in [0.3, 0.4) is 0 Å². The highest BCUT2D eigenvalue weighted by Gasteiger charge is 2.26. The molecule has 5 rings (SSSR count). The lowest BCUT2D eigenvalue weighted by Crippen LogP contribution is -2.17. The van der Waals surface area contributed by atoms with Gasteiger partial charge in [0.2, 0.25) is 0 Å². The Labute approximate surface area is 372 Å². The first kappa shape index (κ1) is 49.9. The van der Waals surface area contributed by atoms with Gasteiger partial charge in [-0.25, -0.2) is 0 Å². The first-order chi connectivity index (χ1) is 27.6. The van der Waals surface area contributed by atoms with Crippen LogP contribution < -0.4 is 0 Å². The summed E-state index contributed by atoms with van der Waals surface area (Å²) in [4.78, 5) is 0. The monoisotopic (exact) mass is 857 g/mol. The van der Waals surface area contributed by atoms with Gasteiger partial charge < -0.3 is 0 Å². The average molecular weight is 858 g/mol. The lowest BCUT2D eigenvalue weighted by Gasteiger charge is -2.31. The Balaban J connectivity index is 0.000000322.